The maximum Gasteiger partial charge on any atom is 0.416 e. The number of aromatic nitrogens is 1. The second kappa shape index (κ2) is 8.52. The smallest absolute Gasteiger partial charge is 0.416 e. The number of hydrogen-bond acceptors (Lipinski definition) is 6. The number of carbonyl (C=O) groups excluding carboxylic acids is 1. The van der Waals surface area contributed by atoms with Gasteiger partial charge in [-0.1, -0.05) is 6.07 Å². The molecule has 164 valence electrons. The third-order valence-electron chi connectivity index (χ3n) is 4.39. The first-order valence-corrected chi connectivity index (χ1v) is 10.5. The topological polar surface area (TPSA) is 97.4 Å². The largest absolute Gasteiger partial charge is 0.462 e. The van der Waals surface area contributed by atoms with E-state index in [1.165, 1.54) is 37.4 Å². The maximum atomic E-state index is 13.1. The Labute approximate surface area is 176 Å². The van der Waals surface area contributed by atoms with Crippen LogP contribution in [0.5, 0.6) is 0 Å². The Bertz CT molecular complexity index is 1230. The van der Waals surface area contributed by atoms with E-state index in [4.69, 9.17) is 4.74 Å². The molecule has 0 spiro atoms. The zero-order chi connectivity index (χ0) is 22.8. The molecule has 2 aromatic carbocycles. The third-order valence-corrected chi connectivity index (χ3v) is 5.82. The Kier molecular flexibility index (Phi) is 6.18. The van der Waals surface area contributed by atoms with Crippen LogP contribution in [0.3, 0.4) is 0 Å². The van der Waals surface area contributed by atoms with Crippen LogP contribution >= 0.6 is 0 Å². The Balaban J connectivity index is 2.11. The first-order valence-electron chi connectivity index (χ1n) is 9.04. The molecule has 0 fully saturated rings. The van der Waals surface area contributed by atoms with Gasteiger partial charge < -0.3 is 10.1 Å². The fraction of sp³-hybridized carbons (Fsp3) is 0.200. The molecule has 31 heavy (non-hydrogen) atoms. The van der Waals surface area contributed by atoms with Gasteiger partial charge in [0.25, 0.3) is 0 Å². The first-order chi connectivity index (χ1) is 14.6. The van der Waals surface area contributed by atoms with E-state index < -0.39 is 27.7 Å². The Hall–Kier alpha value is -3.18. The van der Waals surface area contributed by atoms with Crippen LogP contribution < -0.4 is 10.0 Å². The molecule has 0 amide bonds. The number of nitrogens with one attached hydrogen (secondary N) is 2. The minimum atomic E-state index is -4.54. The van der Waals surface area contributed by atoms with Gasteiger partial charge in [-0.2, -0.15) is 13.2 Å². The van der Waals surface area contributed by atoms with E-state index in [1.807, 2.05) is 0 Å². The molecule has 7 nitrogen and oxygen atoms in total. The highest BCUT2D eigenvalue weighted by Gasteiger charge is 2.31. The van der Waals surface area contributed by atoms with Crippen molar-refractivity contribution in [3.63, 3.8) is 0 Å². The molecule has 1 heterocycles. The average Bonchev–Trinajstić information content (AvgIpc) is 2.73. The molecular formula is C20H18F3N3O4S. The number of carbonyl (C=O) groups is 1. The highest BCUT2D eigenvalue weighted by Crippen LogP contribution is 2.35. The van der Waals surface area contributed by atoms with Gasteiger partial charge in [-0.05, 0) is 50.4 Å². The predicted octanol–water partition coefficient (Wildman–Crippen LogP) is 4.08. The molecule has 1 aromatic heterocycles. The van der Waals surface area contributed by atoms with Crippen molar-refractivity contribution < 1.29 is 31.1 Å². The van der Waals surface area contributed by atoms with Gasteiger partial charge in [-0.15, -0.1) is 0 Å². The maximum absolute atomic E-state index is 13.1. The van der Waals surface area contributed by atoms with Gasteiger partial charge in [0, 0.05) is 17.3 Å². The van der Waals surface area contributed by atoms with Crippen molar-refractivity contribution in [2.45, 2.75) is 18.0 Å². The molecule has 0 bridgehead atoms. The van der Waals surface area contributed by atoms with Crippen LogP contribution in [0, 0.1) is 0 Å². The van der Waals surface area contributed by atoms with Crippen molar-refractivity contribution in [1.82, 2.24) is 9.71 Å². The normalized spacial score (nSPS) is 12.0. The lowest BCUT2D eigenvalue weighted by Gasteiger charge is -2.15. The second-order valence-electron chi connectivity index (χ2n) is 6.35. The first kappa shape index (κ1) is 22.5. The third kappa shape index (κ3) is 4.78. The summed E-state index contributed by atoms with van der Waals surface area (Å²) in [4.78, 5) is 16.4. The SMILES string of the molecule is CCOC(=O)c1cnc2cc(C(F)(F)F)ccc2c1Nc1ccc(S(=O)(=O)NC)cc1. The molecule has 0 unspecified atom stereocenters. The summed E-state index contributed by atoms with van der Waals surface area (Å²) in [5, 5.41) is 3.24. The van der Waals surface area contributed by atoms with Crippen LogP contribution in [-0.4, -0.2) is 33.0 Å². The van der Waals surface area contributed by atoms with E-state index in [0.717, 1.165) is 18.3 Å². The fourth-order valence-corrected chi connectivity index (χ4v) is 3.58. The number of nitrogens with zero attached hydrogens (tertiary/aromatic N) is 1. The number of fused-ring (bicyclic) bond motifs is 1. The number of alkyl halides is 3. The Morgan fingerprint density at radius 3 is 2.39 bits per heavy atom. The number of sulfonamides is 1. The van der Waals surface area contributed by atoms with Crippen molar-refractivity contribution in [2.75, 3.05) is 19.0 Å². The summed E-state index contributed by atoms with van der Waals surface area (Å²) in [7, 11) is -2.36. The van der Waals surface area contributed by atoms with Crippen LogP contribution in [0.25, 0.3) is 10.9 Å². The number of benzene rings is 2. The van der Waals surface area contributed by atoms with E-state index in [9.17, 15) is 26.4 Å². The number of esters is 1. The van der Waals surface area contributed by atoms with E-state index in [-0.39, 0.29) is 33.7 Å². The zero-order valence-electron chi connectivity index (χ0n) is 16.4. The van der Waals surface area contributed by atoms with Crippen molar-refractivity contribution in [1.29, 1.82) is 0 Å². The molecule has 11 heteroatoms. The lowest BCUT2D eigenvalue weighted by atomic mass is 10.1. The second-order valence-corrected chi connectivity index (χ2v) is 8.24. The lowest BCUT2D eigenvalue weighted by molar-refractivity contribution is -0.137. The average molecular weight is 453 g/mol. The highest BCUT2D eigenvalue weighted by molar-refractivity contribution is 7.89. The molecule has 0 atom stereocenters. The number of halogens is 3. The molecule has 0 aliphatic rings. The summed E-state index contributed by atoms with van der Waals surface area (Å²) >= 11 is 0. The highest BCUT2D eigenvalue weighted by atomic mass is 32.2. The Morgan fingerprint density at radius 1 is 1.13 bits per heavy atom. The van der Waals surface area contributed by atoms with Gasteiger partial charge >= 0.3 is 12.1 Å². The van der Waals surface area contributed by atoms with Crippen molar-refractivity contribution in [3.05, 3.63) is 59.8 Å². The lowest BCUT2D eigenvalue weighted by Crippen LogP contribution is -2.18. The summed E-state index contributed by atoms with van der Waals surface area (Å²) in [6, 6.07) is 8.64. The van der Waals surface area contributed by atoms with Crippen LogP contribution in [0.2, 0.25) is 0 Å². The molecule has 0 aliphatic heterocycles. The summed E-state index contributed by atoms with van der Waals surface area (Å²) in [5.74, 6) is -0.700. The number of anilines is 2. The van der Waals surface area contributed by atoms with Gasteiger partial charge in [0.05, 0.1) is 28.3 Å². The molecular weight excluding hydrogens is 435 g/mol. The summed E-state index contributed by atoms with van der Waals surface area (Å²) in [5.41, 5.74) is -0.209. The molecule has 0 aliphatic carbocycles. The summed E-state index contributed by atoms with van der Waals surface area (Å²) in [6.07, 6.45) is -3.40. The van der Waals surface area contributed by atoms with E-state index in [2.05, 4.69) is 15.0 Å². The van der Waals surface area contributed by atoms with Crippen molar-refractivity contribution >= 4 is 38.3 Å². The number of ether oxygens (including phenoxy) is 1. The number of hydrogen-bond donors (Lipinski definition) is 2. The number of rotatable bonds is 6. The minimum absolute atomic E-state index is 0.0276. The van der Waals surface area contributed by atoms with Crippen LogP contribution in [0.15, 0.2) is 53.6 Å². The summed E-state index contributed by atoms with van der Waals surface area (Å²) < 4.78 is 70.2. The van der Waals surface area contributed by atoms with E-state index >= 15 is 0 Å². The van der Waals surface area contributed by atoms with Gasteiger partial charge in [0.1, 0.15) is 5.56 Å². The Morgan fingerprint density at radius 2 is 1.81 bits per heavy atom. The quantitative estimate of drug-likeness (QED) is 0.546. The minimum Gasteiger partial charge on any atom is -0.462 e. The van der Waals surface area contributed by atoms with Crippen molar-refractivity contribution in [3.8, 4) is 0 Å². The monoisotopic (exact) mass is 453 g/mol. The van der Waals surface area contributed by atoms with Crippen LogP contribution in [0.1, 0.15) is 22.8 Å². The number of pyridine rings is 1. The van der Waals surface area contributed by atoms with Crippen LogP contribution in [0.4, 0.5) is 24.5 Å². The van der Waals surface area contributed by atoms with Gasteiger partial charge in [-0.25, -0.2) is 17.9 Å². The standard InChI is InChI=1S/C20H18F3N3O4S/c1-3-30-19(27)16-11-25-17-10-12(20(21,22)23)4-9-15(17)18(16)26-13-5-7-14(8-6-13)31(28,29)24-2/h4-11,24H,3H2,1-2H3,(H,25,26). The van der Waals surface area contributed by atoms with Gasteiger partial charge in [-0.3, -0.25) is 4.98 Å². The molecule has 0 saturated heterocycles. The molecule has 3 aromatic rings. The molecule has 2 N–H and O–H groups in total. The van der Waals surface area contributed by atoms with E-state index in [1.54, 1.807) is 6.92 Å². The molecule has 0 radical (unpaired) electrons. The predicted molar refractivity (Wildman–Crippen MR) is 109 cm³/mol. The van der Waals surface area contributed by atoms with Gasteiger partial charge in [0.15, 0.2) is 0 Å². The van der Waals surface area contributed by atoms with E-state index in [0.29, 0.717) is 5.69 Å². The fourth-order valence-electron chi connectivity index (χ4n) is 2.85. The van der Waals surface area contributed by atoms with Crippen molar-refractivity contribution in [2.24, 2.45) is 0 Å². The summed E-state index contributed by atoms with van der Waals surface area (Å²) in [6.45, 7) is 1.72. The molecule has 0 saturated carbocycles. The van der Waals surface area contributed by atoms with Crippen LogP contribution in [-0.2, 0) is 20.9 Å². The zero-order valence-corrected chi connectivity index (χ0v) is 17.3. The molecule has 3 rings (SSSR count). The van der Waals surface area contributed by atoms with Gasteiger partial charge in [0.2, 0.25) is 10.0 Å².